The van der Waals surface area contributed by atoms with Crippen molar-refractivity contribution in [3.05, 3.63) is 34.9 Å². The van der Waals surface area contributed by atoms with Crippen molar-refractivity contribution in [3.8, 4) is 0 Å². The van der Waals surface area contributed by atoms with Gasteiger partial charge in [0.15, 0.2) is 0 Å². The molecule has 3 unspecified atom stereocenters. The quantitative estimate of drug-likeness (QED) is 0.355. The highest BCUT2D eigenvalue weighted by molar-refractivity contribution is 14.2. The van der Waals surface area contributed by atoms with Crippen LogP contribution in [0.15, 0.2) is 24.3 Å². The van der Waals surface area contributed by atoms with Gasteiger partial charge in [0.2, 0.25) is 0 Å². The molecule has 0 N–H and O–H groups in total. The molecular formula is C18H24ClIO2. The molecule has 0 amide bonds. The minimum absolute atomic E-state index is 0.000386. The molecule has 1 saturated carbocycles. The van der Waals surface area contributed by atoms with Gasteiger partial charge < -0.3 is 4.74 Å². The van der Waals surface area contributed by atoms with Crippen molar-refractivity contribution in [2.45, 2.75) is 48.9 Å². The van der Waals surface area contributed by atoms with Crippen LogP contribution in [0.4, 0.5) is 0 Å². The average Bonchev–Trinajstić information content (AvgIpc) is 2.55. The summed E-state index contributed by atoms with van der Waals surface area (Å²) in [7, 11) is 1.50. The summed E-state index contributed by atoms with van der Waals surface area (Å²) in [4.78, 5) is 11.9. The molecule has 0 aliphatic heterocycles. The van der Waals surface area contributed by atoms with Crippen LogP contribution in [0.1, 0.15) is 50.5 Å². The number of halogens is 2. The summed E-state index contributed by atoms with van der Waals surface area (Å²) in [6, 6.07) is 8.27. The number of esters is 1. The number of hydrogen-bond donors (Lipinski definition) is 0. The second-order valence-corrected chi connectivity index (χ2v) is 9.41. The van der Waals surface area contributed by atoms with Crippen molar-refractivity contribution in [3.63, 3.8) is 0 Å². The fourth-order valence-corrected chi connectivity index (χ4v) is 6.95. The maximum absolute atomic E-state index is 11.9. The molecule has 0 radical (unpaired) electrons. The normalized spacial score (nSPS) is 25.7. The smallest absolute Gasteiger partial charge is 0.308 e. The molecule has 122 valence electrons. The minimum Gasteiger partial charge on any atom is -0.469 e. The van der Waals surface area contributed by atoms with Crippen molar-refractivity contribution in [2.24, 2.45) is 5.92 Å². The Morgan fingerprint density at radius 2 is 2.09 bits per heavy atom. The van der Waals surface area contributed by atoms with Gasteiger partial charge in [-0.05, 0) is 49.3 Å². The third-order valence-electron chi connectivity index (χ3n) is 4.25. The lowest BCUT2D eigenvalue weighted by atomic mass is 9.78. The summed E-state index contributed by atoms with van der Waals surface area (Å²) in [5, 5.41) is 0.788. The monoisotopic (exact) mass is 434 g/mol. The average molecular weight is 435 g/mol. The van der Waals surface area contributed by atoms with E-state index in [2.05, 4.69) is 23.1 Å². The van der Waals surface area contributed by atoms with E-state index in [0.717, 1.165) is 24.3 Å². The molecule has 1 aromatic rings. The van der Waals surface area contributed by atoms with Crippen LogP contribution in [0.2, 0.25) is 5.02 Å². The first-order valence-electron chi connectivity index (χ1n) is 7.92. The molecule has 0 spiro atoms. The zero-order valence-electron chi connectivity index (χ0n) is 13.2. The van der Waals surface area contributed by atoms with Crippen LogP contribution in [0.3, 0.4) is 0 Å². The second-order valence-electron chi connectivity index (χ2n) is 5.78. The molecule has 0 aromatic heterocycles. The molecule has 4 heteroatoms. The van der Waals surface area contributed by atoms with E-state index in [9.17, 15) is 4.79 Å². The lowest BCUT2D eigenvalue weighted by Gasteiger charge is -2.33. The van der Waals surface area contributed by atoms with Gasteiger partial charge in [0.25, 0.3) is 0 Å². The Hall–Kier alpha value is -0.420. The molecule has 0 heterocycles. The van der Waals surface area contributed by atoms with Crippen molar-refractivity contribution in [1.29, 1.82) is 0 Å². The molecular weight excluding hydrogens is 411 g/mol. The zero-order chi connectivity index (χ0) is 15.9. The van der Waals surface area contributed by atoms with Gasteiger partial charge in [0.05, 0.1) is 13.0 Å². The van der Waals surface area contributed by atoms with Crippen molar-refractivity contribution < 1.29 is 9.53 Å². The highest BCUT2D eigenvalue weighted by Crippen LogP contribution is 2.43. The van der Waals surface area contributed by atoms with Gasteiger partial charge in [-0.3, -0.25) is 4.79 Å². The topological polar surface area (TPSA) is 26.3 Å². The molecule has 2 nitrogen and oxygen atoms in total. The molecule has 1 fully saturated rings. The fourth-order valence-electron chi connectivity index (χ4n) is 3.01. The number of ether oxygens (including phenoxy) is 1. The molecule has 3 atom stereocenters. The van der Waals surface area contributed by atoms with E-state index < -0.39 is 0 Å². The third kappa shape index (κ3) is 4.79. The first-order chi connectivity index (χ1) is 10.7. The van der Waals surface area contributed by atoms with E-state index in [0.29, 0.717) is 9.84 Å². The summed E-state index contributed by atoms with van der Waals surface area (Å²) in [6.45, 7) is 2.22. The molecule has 1 aliphatic carbocycles. The summed E-state index contributed by atoms with van der Waals surface area (Å²) in [5.41, 5.74) is 1.38. The number of unbranched alkanes of at least 4 members (excludes halogenated alkanes) is 1. The predicted octanol–water partition coefficient (Wildman–Crippen LogP) is 5.34. The summed E-state index contributed by atoms with van der Waals surface area (Å²) < 4.78 is 8.09. The minimum atomic E-state index is -0.0287. The van der Waals surface area contributed by atoms with Crippen LogP contribution >= 0.6 is 32.3 Å². The van der Waals surface area contributed by atoms with Crippen LogP contribution in [0.5, 0.6) is 0 Å². The van der Waals surface area contributed by atoms with Crippen LogP contribution in [-0.4, -0.2) is 21.0 Å². The summed E-state index contributed by atoms with van der Waals surface area (Å²) >= 11 is 6.01. The van der Waals surface area contributed by atoms with Crippen LogP contribution in [-0.2, 0) is 9.53 Å². The SMILES string of the molecule is CCCC=IC1CC(C(=O)OC)CCC1c1ccc(Cl)cc1. The van der Waals surface area contributed by atoms with E-state index in [4.69, 9.17) is 16.3 Å². The maximum atomic E-state index is 11.9. The molecule has 0 saturated heterocycles. The van der Waals surface area contributed by atoms with Gasteiger partial charge in [-0.25, -0.2) is 0 Å². The summed E-state index contributed by atoms with van der Waals surface area (Å²) in [6.07, 6.45) is 5.39. The van der Waals surface area contributed by atoms with Crippen LogP contribution in [0.25, 0.3) is 0 Å². The largest absolute Gasteiger partial charge is 0.469 e. The Bertz CT molecular complexity index is 512. The molecule has 1 aromatic carbocycles. The lowest BCUT2D eigenvalue weighted by Crippen LogP contribution is -2.29. The molecule has 0 bridgehead atoms. The van der Waals surface area contributed by atoms with Gasteiger partial charge in [-0.1, -0.05) is 41.1 Å². The molecule has 2 rings (SSSR count). The van der Waals surface area contributed by atoms with Gasteiger partial charge in [-0.15, -0.1) is 20.7 Å². The zero-order valence-corrected chi connectivity index (χ0v) is 16.1. The lowest BCUT2D eigenvalue weighted by molar-refractivity contribution is -0.146. The first-order valence-corrected chi connectivity index (χ1v) is 10.8. The van der Waals surface area contributed by atoms with Crippen molar-refractivity contribution in [1.82, 2.24) is 0 Å². The van der Waals surface area contributed by atoms with E-state index in [-0.39, 0.29) is 32.6 Å². The van der Waals surface area contributed by atoms with E-state index >= 15 is 0 Å². The first kappa shape index (κ1) is 17.9. The number of rotatable bonds is 5. The Morgan fingerprint density at radius 3 is 2.73 bits per heavy atom. The van der Waals surface area contributed by atoms with Crippen LogP contribution < -0.4 is 0 Å². The third-order valence-corrected chi connectivity index (χ3v) is 7.94. The fraction of sp³-hybridized carbons (Fsp3) is 0.556. The number of alkyl halides is 1. The second kappa shape index (κ2) is 9.02. The number of benzene rings is 1. The Labute approximate surface area is 148 Å². The maximum Gasteiger partial charge on any atom is 0.308 e. The Balaban J connectivity index is 2.16. The van der Waals surface area contributed by atoms with E-state index in [1.807, 2.05) is 12.1 Å². The predicted molar refractivity (Wildman–Crippen MR) is 102 cm³/mol. The van der Waals surface area contributed by atoms with E-state index in [1.54, 1.807) is 0 Å². The molecule has 1 aliphatic rings. The Morgan fingerprint density at radius 1 is 1.36 bits per heavy atom. The van der Waals surface area contributed by atoms with Gasteiger partial charge in [-0.2, -0.15) is 0 Å². The summed E-state index contributed by atoms with van der Waals surface area (Å²) in [5.74, 6) is 0.631. The highest BCUT2D eigenvalue weighted by atomic mass is 127. The molecule has 22 heavy (non-hydrogen) atoms. The standard InChI is InChI=1S/C18H24ClIO2/c1-3-4-11-20-17-12-14(18(21)22-2)7-10-16(17)13-5-8-15(19)9-6-13/h5-6,8-9,11,14,16-17H,3-4,7,10,12H2,1-2H3. The van der Waals surface area contributed by atoms with Gasteiger partial charge in [0.1, 0.15) is 0 Å². The van der Waals surface area contributed by atoms with Crippen molar-refractivity contribution in [2.75, 3.05) is 7.11 Å². The number of carbonyl (C=O) groups excluding carboxylic acids is 1. The van der Waals surface area contributed by atoms with Crippen molar-refractivity contribution >= 4 is 42.3 Å². The van der Waals surface area contributed by atoms with Crippen LogP contribution in [0, 0.1) is 5.92 Å². The van der Waals surface area contributed by atoms with E-state index in [1.165, 1.54) is 25.5 Å². The number of methoxy groups -OCH3 is 1. The van der Waals surface area contributed by atoms with Gasteiger partial charge in [0, 0.05) is 8.95 Å². The highest BCUT2D eigenvalue weighted by Gasteiger charge is 2.34. The Kier molecular flexibility index (Phi) is 7.35. The number of hydrogen-bond acceptors (Lipinski definition) is 2. The van der Waals surface area contributed by atoms with Gasteiger partial charge >= 0.3 is 5.97 Å². The number of carbonyl (C=O) groups is 1.